The van der Waals surface area contributed by atoms with Gasteiger partial charge < -0.3 is 9.88 Å². The SMILES string of the molecule is CCc1c(C)cc(C(=O)NCCS(=O)(=O)c2ccc(F)cc2)c(=O)n1C. The van der Waals surface area contributed by atoms with Crippen LogP contribution in [0.3, 0.4) is 0 Å². The fourth-order valence-electron chi connectivity index (χ4n) is 2.76. The van der Waals surface area contributed by atoms with E-state index in [9.17, 15) is 22.4 Å². The predicted molar refractivity (Wildman–Crippen MR) is 96.6 cm³/mol. The van der Waals surface area contributed by atoms with Crippen molar-refractivity contribution >= 4 is 15.7 Å². The largest absolute Gasteiger partial charge is 0.351 e. The summed E-state index contributed by atoms with van der Waals surface area (Å²) in [6, 6.07) is 6.00. The number of hydrogen-bond donors (Lipinski definition) is 1. The van der Waals surface area contributed by atoms with Crippen LogP contribution in [0.4, 0.5) is 4.39 Å². The van der Waals surface area contributed by atoms with Crippen LogP contribution in [0.2, 0.25) is 0 Å². The maximum atomic E-state index is 12.9. The van der Waals surface area contributed by atoms with Gasteiger partial charge in [0.1, 0.15) is 11.4 Å². The number of carbonyl (C=O) groups is 1. The lowest BCUT2D eigenvalue weighted by Gasteiger charge is -2.12. The smallest absolute Gasteiger partial charge is 0.263 e. The van der Waals surface area contributed by atoms with Crippen molar-refractivity contribution in [2.75, 3.05) is 12.3 Å². The van der Waals surface area contributed by atoms with Crippen LogP contribution in [0.1, 0.15) is 28.5 Å². The molecule has 0 unspecified atom stereocenters. The van der Waals surface area contributed by atoms with E-state index in [0.29, 0.717) is 6.42 Å². The fourth-order valence-corrected chi connectivity index (χ4v) is 3.92. The molecule has 2 rings (SSSR count). The molecule has 0 saturated carbocycles. The number of benzene rings is 1. The van der Waals surface area contributed by atoms with Crippen molar-refractivity contribution < 1.29 is 17.6 Å². The minimum Gasteiger partial charge on any atom is -0.351 e. The van der Waals surface area contributed by atoms with Gasteiger partial charge in [-0.15, -0.1) is 0 Å². The topological polar surface area (TPSA) is 85.2 Å². The summed E-state index contributed by atoms with van der Waals surface area (Å²) in [5, 5.41) is 2.46. The zero-order valence-corrected chi connectivity index (χ0v) is 15.7. The van der Waals surface area contributed by atoms with Gasteiger partial charge in [0, 0.05) is 19.3 Å². The Bertz CT molecular complexity index is 979. The van der Waals surface area contributed by atoms with E-state index >= 15 is 0 Å². The summed E-state index contributed by atoms with van der Waals surface area (Å²) < 4.78 is 38.7. The Morgan fingerprint density at radius 3 is 2.42 bits per heavy atom. The highest BCUT2D eigenvalue weighted by Gasteiger charge is 2.18. The Morgan fingerprint density at radius 2 is 1.85 bits per heavy atom. The predicted octanol–water partition coefficient (Wildman–Crippen LogP) is 1.60. The zero-order chi connectivity index (χ0) is 19.5. The van der Waals surface area contributed by atoms with Crippen LogP contribution < -0.4 is 10.9 Å². The van der Waals surface area contributed by atoms with Crippen molar-refractivity contribution in [1.82, 2.24) is 9.88 Å². The average molecular weight is 380 g/mol. The van der Waals surface area contributed by atoms with E-state index in [2.05, 4.69) is 5.32 Å². The molecule has 0 fully saturated rings. The van der Waals surface area contributed by atoms with E-state index in [4.69, 9.17) is 0 Å². The number of carbonyl (C=O) groups excluding carboxylic acids is 1. The summed E-state index contributed by atoms with van der Waals surface area (Å²) in [7, 11) is -2.06. The molecule has 1 heterocycles. The van der Waals surface area contributed by atoms with Gasteiger partial charge in [0.2, 0.25) is 0 Å². The second kappa shape index (κ2) is 7.82. The summed E-state index contributed by atoms with van der Waals surface area (Å²) in [6.45, 7) is 3.58. The molecule has 0 spiro atoms. The van der Waals surface area contributed by atoms with Gasteiger partial charge in [-0.05, 0) is 49.2 Å². The highest BCUT2D eigenvalue weighted by Crippen LogP contribution is 2.11. The minimum absolute atomic E-state index is 0.0211. The lowest BCUT2D eigenvalue weighted by atomic mass is 10.1. The highest BCUT2D eigenvalue weighted by atomic mass is 32.2. The second-order valence-corrected chi connectivity index (χ2v) is 8.04. The molecule has 1 aromatic carbocycles. The molecule has 140 valence electrons. The number of pyridine rings is 1. The van der Waals surface area contributed by atoms with E-state index in [1.165, 1.54) is 22.8 Å². The van der Waals surface area contributed by atoms with Crippen molar-refractivity contribution in [1.29, 1.82) is 0 Å². The van der Waals surface area contributed by atoms with Crippen LogP contribution in [-0.2, 0) is 23.3 Å². The van der Waals surface area contributed by atoms with Crippen LogP contribution in [0.25, 0.3) is 0 Å². The van der Waals surface area contributed by atoms with Gasteiger partial charge in [0.15, 0.2) is 9.84 Å². The maximum Gasteiger partial charge on any atom is 0.263 e. The molecule has 8 heteroatoms. The lowest BCUT2D eigenvalue weighted by Crippen LogP contribution is -2.35. The van der Waals surface area contributed by atoms with Crippen molar-refractivity contribution in [2.45, 2.75) is 25.2 Å². The zero-order valence-electron chi connectivity index (χ0n) is 14.9. The molecule has 26 heavy (non-hydrogen) atoms. The molecule has 6 nitrogen and oxygen atoms in total. The number of amides is 1. The number of aromatic nitrogens is 1. The normalized spacial score (nSPS) is 11.4. The van der Waals surface area contributed by atoms with Crippen LogP contribution in [0.15, 0.2) is 40.0 Å². The number of halogens is 1. The molecule has 0 atom stereocenters. The van der Waals surface area contributed by atoms with Gasteiger partial charge in [-0.1, -0.05) is 6.92 Å². The summed E-state index contributed by atoms with van der Waals surface area (Å²) in [6.07, 6.45) is 0.662. The molecule has 0 saturated heterocycles. The molecule has 0 radical (unpaired) electrons. The Hall–Kier alpha value is -2.48. The molecule has 0 bridgehead atoms. The molecule has 2 aromatic rings. The van der Waals surface area contributed by atoms with Crippen LogP contribution in [0, 0.1) is 12.7 Å². The summed E-state index contributed by atoms with van der Waals surface area (Å²) >= 11 is 0. The molecule has 0 aliphatic carbocycles. The standard InChI is InChI=1S/C18H21FN2O4S/c1-4-16-12(2)11-15(18(23)21(16)3)17(22)20-9-10-26(24,25)14-7-5-13(19)6-8-14/h5-8,11H,4,9-10H2,1-3H3,(H,20,22). The first-order valence-electron chi connectivity index (χ1n) is 8.13. The van der Waals surface area contributed by atoms with Gasteiger partial charge in [-0.3, -0.25) is 9.59 Å². The Balaban J connectivity index is 2.10. The summed E-state index contributed by atoms with van der Waals surface area (Å²) in [4.78, 5) is 24.6. The van der Waals surface area contributed by atoms with Crippen LogP contribution >= 0.6 is 0 Å². The Morgan fingerprint density at radius 1 is 1.23 bits per heavy atom. The van der Waals surface area contributed by atoms with E-state index in [1.807, 2.05) is 13.8 Å². The van der Waals surface area contributed by atoms with Crippen LogP contribution in [-0.4, -0.2) is 31.2 Å². The Kier molecular flexibility index (Phi) is 5.97. The van der Waals surface area contributed by atoms with Gasteiger partial charge in [0.25, 0.3) is 11.5 Å². The van der Waals surface area contributed by atoms with Crippen molar-refractivity contribution in [2.24, 2.45) is 7.05 Å². The van der Waals surface area contributed by atoms with Crippen molar-refractivity contribution in [3.63, 3.8) is 0 Å². The molecule has 1 amide bonds. The quantitative estimate of drug-likeness (QED) is 0.772. The molecular weight excluding hydrogens is 359 g/mol. The highest BCUT2D eigenvalue weighted by molar-refractivity contribution is 7.91. The molecule has 0 aliphatic heterocycles. The van der Waals surface area contributed by atoms with Crippen molar-refractivity contribution in [3.05, 3.63) is 63.3 Å². The van der Waals surface area contributed by atoms with E-state index in [-0.39, 0.29) is 22.8 Å². The van der Waals surface area contributed by atoms with Gasteiger partial charge in [0.05, 0.1) is 10.6 Å². The third-order valence-electron chi connectivity index (χ3n) is 4.16. The first-order chi connectivity index (χ1) is 12.2. The average Bonchev–Trinajstić information content (AvgIpc) is 2.58. The van der Waals surface area contributed by atoms with E-state index < -0.39 is 27.1 Å². The van der Waals surface area contributed by atoms with Crippen LogP contribution in [0.5, 0.6) is 0 Å². The third kappa shape index (κ3) is 4.19. The number of nitrogens with zero attached hydrogens (tertiary/aromatic N) is 1. The number of rotatable bonds is 6. The minimum atomic E-state index is -3.66. The molecule has 0 aliphatic rings. The number of hydrogen-bond acceptors (Lipinski definition) is 4. The number of aryl methyl sites for hydroxylation is 1. The molecule has 1 aromatic heterocycles. The summed E-state index contributed by atoms with van der Waals surface area (Å²) in [5.41, 5.74) is 1.21. The first kappa shape index (κ1) is 19.8. The van der Waals surface area contributed by atoms with E-state index in [0.717, 1.165) is 23.4 Å². The van der Waals surface area contributed by atoms with Gasteiger partial charge in [-0.2, -0.15) is 0 Å². The number of nitrogens with one attached hydrogen (secondary N) is 1. The second-order valence-electron chi connectivity index (χ2n) is 5.93. The lowest BCUT2D eigenvalue weighted by molar-refractivity contribution is 0.0954. The monoisotopic (exact) mass is 380 g/mol. The van der Waals surface area contributed by atoms with Gasteiger partial charge in [-0.25, -0.2) is 12.8 Å². The number of sulfone groups is 1. The van der Waals surface area contributed by atoms with Crippen molar-refractivity contribution in [3.8, 4) is 0 Å². The fraction of sp³-hybridized carbons (Fsp3) is 0.333. The Labute approximate surface area is 151 Å². The van der Waals surface area contributed by atoms with E-state index in [1.54, 1.807) is 7.05 Å². The van der Waals surface area contributed by atoms with Gasteiger partial charge >= 0.3 is 0 Å². The third-order valence-corrected chi connectivity index (χ3v) is 5.90. The summed E-state index contributed by atoms with van der Waals surface area (Å²) in [5.74, 6) is -1.50. The molecule has 1 N–H and O–H groups in total. The first-order valence-corrected chi connectivity index (χ1v) is 9.78. The maximum absolute atomic E-state index is 12.9. The molecular formula is C18H21FN2O4S.